The standard InChI is InChI=1S/C14H11N5O/c15-9-4-5-12(18-8-9)19-14(20)10-2-1-3-11-13(10)17-7-6-16-11/h1-8H,15H2,(H,18,19,20). The fourth-order valence-corrected chi connectivity index (χ4v) is 1.84. The Morgan fingerprint density at radius 3 is 2.70 bits per heavy atom. The fourth-order valence-electron chi connectivity index (χ4n) is 1.84. The molecule has 98 valence electrons. The van der Waals surface area contributed by atoms with Gasteiger partial charge in [0, 0.05) is 12.4 Å². The van der Waals surface area contributed by atoms with Crippen LogP contribution in [-0.4, -0.2) is 20.9 Å². The summed E-state index contributed by atoms with van der Waals surface area (Å²) in [5.41, 5.74) is 7.77. The number of nitrogens with zero attached hydrogens (tertiary/aromatic N) is 3. The minimum Gasteiger partial charge on any atom is -0.397 e. The number of nitrogens with two attached hydrogens (primary N) is 1. The highest BCUT2D eigenvalue weighted by molar-refractivity contribution is 6.10. The summed E-state index contributed by atoms with van der Waals surface area (Å²) in [6, 6.07) is 8.59. The number of nitrogen functional groups attached to an aromatic ring is 1. The van der Waals surface area contributed by atoms with Crippen LogP contribution in [0.5, 0.6) is 0 Å². The first kappa shape index (κ1) is 12.0. The monoisotopic (exact) mass is 265 g/mol. The van der Waals surface area contributed by atoms with Crippen molar-refractivity contribution in [2.75, 3.05) is 11.1 Å². The first-order valence-corrected chi connectivity index (χ1v) is 5.96. The minimum absolute atomic E-state index is 0.284. The van der Waals surface area contributed by atoms with E-state index in [1.807, 2.05) is 0 Å². The van der Waals surface area contributed by atoms with Crippen LogP contribution in [0.3, 0.4) is 0 Å². The van der Waals surface area contributed by atoms with Crippen LogP contribution in [0.15, 0.2) is 48.9 Å². The lowest BCUT2D eigenvalue weighted by molar-refractivity contribution is 0.102. The molecule has 0 bridgehead atoms. The van der Waals surface area contributed by atoms with Gasteiger partial charge in [0.2, 0.25) is 0 Å². The molecule has 20 heavy (non-hydrogen) atoms. The van der Waals surface area contributed by atoms with E-state index in [2.05, 4.69) is 20.3 Å². The SMILES string of the molecule is Nc1ccc(NC(=O)c2cccc3nccnc23)nc1. The molecule has 0 fully saturated rings. The van der Waals surface area contributed by atoms with Crippen molar-refractivity contribution < 1.29 is 4.79 Å². The summed E-state index contributed by atoms with van der Waals surface area (Å²) in [7, 11) is 0. The Hall–Kier alpha value is -3.02. The molecule has 2 aromatic heterocycles. The Kier molecular flexibility index (Phi) is 2.96. The topological polar surface area (TPSA) is 93.8 Å². The molecule has 0 aliphatic rings. The molecule has 6 nitrogen and oxygen atoms in total. The van der Waals surface area contributed by atoms with Gasteiger partial charge in [0.05, 0.1) is 23.0 Å². The second-order valence-corrected chi connectivity index (χ2v) is 4.16. The van der Waals surface area contributed by atoms with Crippen molar-refractivity contribution in [3.8, 4) is 0 Å². The number of amides is 1. The number of fused-ring (bicyclic) bond motifs is 1. The molecular formula is C14H11N5O. The van der Waals surface area contributed by atoms with E-state index < -0.39 is 0 Å². The van der Waals surface area contributed by atoms with Crippen LogP contribution in [0.2, 0.25) is 0 Å². The molecule has 3 aromatic rings. The predicted molar refractivity (Wildman–Crippen MR) is 76.1 cm³/mol. The molecule has 6 heteroatoms. The van der Waals surface area contributed by atoms with Crippen LogP contribution >= 0.6 is 0 Å². The van der Waals surface area contributed by atoms with Gasteiger partial charge in [-0.2, -0.15) is 0 Å². The van der Waals surface area contributed by atoms with Crippen molar-refractivity contribution in [3.63, 3.8) is 0 Å². The fraction of sp³-hybridized carbons (Fsp3) is 0. The number of carbonyl (C=O) groups excluding carboxylic acids is 1. The largest absolute Gasteiger partial charge is 0.397 e. The number of nitrogens with one attached hydrogen (secondary N) is 1. The average molecular weight is 265 g/mol. The number of rotatable bonds is 2. The molecule has 0 atom stereocenters. The molecule has 0 spiro atoms. The Morgan fingerprint density at radius 2 is 1.90 bits per heavy atom. The Balaban J connectivity index is 1.94. The van der Waals surface area contributed by atoms with Gasteiger partial charge >= 0.3 is 0 Å². The highest BCUT2D eigenvalue weighted by Gasteiger charge is 2.11. The van der Waals surface area contributed by atoms with Crippen molar-refractivity contribution in [3.05, 3.63) is 54.5 Å². The molecule has 0 saturated carbocycles. The Morgan fingerprint density at radius 1 is 1.05 bits per heavy atom. The zero-order valence-electron chi connectivity index (χ0n) is 10.4. The summed E-state index contributed by atoms with van der Waals surface area (Å²) in [5, 5.41) is 2.70. The van der Waals surface area contributed by atoms with Gasteiger partial charge in [-0.15, -0.1) is 0 Å². The van der Waals surface area contributed by atoms with E-state index in [4.69, 9.17) is 5.73 Å². The number of hydrogen-bond acceptors (Lipinski definition) is 5. The van der Waals surface area contributed by atoms with Gasteiger partial charge in [-0.05, 0) is 24.3 Å². The van der Waals surface area contributed by atoms with E-state index in [0.29, 0.717) is 28.1 Å². The van der Waals surface area contributed by atoms with Crippen molar-refractivity contribution >= 4 is 28.4 Å². The summed E-state index contributed by atoms with van der Waals surface area (Å²) < 4.78 is 0. The van der Waals surface area contributed by atoms with Gasteiger partial charge in [-0.3, -0.25) is 14.8 Å². The normalized spacial score (nSPS) is 10.4. The lowest BCUT2D eigenvalue weighted by Crippen LogP contribution is -2.14. The molecule has 1 amide bonds. The third-order valence-corrected chi connectivity index (χ3v) is 2.77. The molecule has 2 heterocycles. The Labute approximate surface area is 114 Å². The third kappa shape index (κ3) is 2.26. The van der Waals surface area contributed by atoms with Gasteiger partial charge in [0.25, 0.3) is 5.91 Å². The van der Waals surface area contributed by atoms with Crippen LogP contribution in [0.4, 0.5) is 11.5 Å². The molecule has 0 radical (unpaired) electrons. The number of anilines is 2. The number of para-hydroxylation sites is 1. The third-order valence-electron chi connectivity index (χ3n) is 2.77. The van der Waals surface area contributed by atoms with Crippen molar-refractivity contribution in [2.45, 2.75) is 0 Å². The highest BCUT2D eigenvalue weighted by atomic mass is 16.1. The zero-order chi connectivity index (χ0) is 13.9. The van der Waals surface area contributed by atoms with Gasteiger partial charge in [-0.25, -0.2) is 4.98 Å². The summed E-state index contributed by atoms with van der Waals surface area (Å²) in [4.78, 5) is 24.7. The smallest absolute Gasteiger partial charge is 0.259 e. The highest BCUT2D eigenvalue weighted by Crippen LogP contribution is 2.15. The molecule has 0 aliphatic carbocycles. The summed E-state index contributed by atoms with van der Waals surface area (Å²) in [6.07, 6.45) is 4.63. The van der Waals surface area contributed by atoms with Gasteiger partial charge in [0.15, 0.2) is 0 Å². The van der Waals surface area contributed by atoms with Gasteiger partial charge < -0.3 is 11.1 Å². The first-order chi connectivity index (χ1) is 9.74. The van der Waals surface area contributed by atoms with E-state index in [9.17, 15) is 4.79 Å². The van der Waals surface area contributed by atoms with Crippen LogP contribution in [0, 0.1) is 0 Å². The number of carbonyl (C=O) groups is 1. The molecule has 0 unspecified atom stereocenters. The molecular weight excluding hydrogens is 254 g/mol. The minimum atomic E-state index is -0.284. The molecule has 3 rings (SSSR count). The summed E-state index contributed by atoms with van der Waals surface area (Å²) in [5.74, 6) is 0.151. The quantitative estimate of drug-likeness (QED) is 0.737. The van der Waals surface area contributed by atoms with Crippen molar-refractivity contribution in [1.29, 1.82) is 0 Å². The average Bonchev–Trinajstić information content (AvgIpc) is 2.49. The second kappa shape index (κ2) is 4.93. The Bertz CT molecular complexity index is 765. The number of benzene rings is 1. The van der Waals surface area contributed by atoms with Crippen LogP contribution in [0.25, 0.3) is 11.0 Å². The van der Waals surface area contributed by atoms with Gasteiger partial charge in [-0.1, -0.05) is 6.07 Å². The lowest BCUT2D eigenvalue weighted by atomic mass is 10.1. The maximum Gasteiger partial charge on any atom is 0.259 e. The lowest BCUT2D eigenvalue weighted by Gasteiger charge is -2.06. The molecule has 0 saturated heterocycles. The van der Waals surface area contributed by atoms with Crippen molar-refractivity contribution in [2.24, 2.45) is 0 Å². The number of hydrogen-bond donors (Lipinski definition) is 2. The zero-order valence-corrected chi connectivity index (χ0v) is 10.4. The first-order valence-electron chi connectivity index (χ1n) is 5.96. The molecule has 3 N–H and O–H groups in total. The number of pyridine rings is 1. The predicted octanol–water partition coefficient (Wildman–Crippen LogP) is 1.86. The van der Waals surface area contributed by atoms with Crippen LogP contribution in [-0.2, 0) is 0 Å². The van der Waals surface area contributed by atoms with E-state index in [0.717, 1.165) is 0 Å². The summed E-state index contributed by atoms with van der Waals surface area (Å²) >= 11 is 0. The van der Waals surface area contributed by atoms with E-state index in [-0.39, 0.29) is 5.91 Å². The summed E-state index contributed by atoms with van der Waals surface area (Å²) in [6.45, 7) is 0. The van der Waals surface area contributed by atoms with Crippen LogP contribution in [0.1, 0.15) is 10.4 Å². The van der Waals surface area contributed by atoms with E-state index >= 15 is 0 Å². The van der Waals surface area contributed by atoms with Gasteiger partial charge in [0.1, 0.15) is 11.3 Å². The molecule has 1 aromatic carbocycles. The van der Waals surface area contributed by atoms with E-state index in [1.165, 1.54) is 6.20 Å². The van der Waals surface area contributed by atoms with E-state index in [1.54, 1.807) is 42.7 Å². The van der Waals surface area contributed by atoms with Crippen LogP contribution < -0.4 is 11.1 Å². The maximum absolute atomic E-state index is 12.3. The molecule has 0 aliphatic heterocycles. The number of aromatic nitrogens is 3. The van der Waals surface area contributed by atoms with Crippen molar-refractivity contribution in [1.82, 2.24) is 15.0 Å². The second-order valence-electron chi connectivity index (χ2n) is 4.16. The maximum atomic E-state index is 12.3.